The molecule has 0 atom stereocenters. The largest absolute Gasteiger partial charge is 0.633 e. The molecule has 27 heavy (non-hydrogen) atoms. The third-order valence-electron chi connectivity index (χ3n) is 4.86. The molecule has 1 amide bonds. The van der Waals surface area contributed by atoms with Gasteiger partial charge in [0.25, 0.3) is 0 Å². The molecule has 0 aliphatic rings. The fraction of sp³-hybridized carbons (Fsp3) is 0.870. The van der Waals surface area contributed by atoms with Crippen LogP contribution in [-0.2, 0) is 4.79 Å². The first kappa shape index (κ1) is 26.1. The van der Waals surface area contributed by atoms with E-state index in [1.807, 2.05) is 0 Å². The van der Waals surface area contributed by atoms with Crippen LogP contribution in [0.1, 0.15) is 103 Å². The summed E-state index contributed by atoms with van der Waals surface area (Å²) < 4.78 is -0.288. The van der Waals surface area contributed by atoms with Gasteiger partial charge >= 0.3 is 0 Å². The Morgan fingerprint density at radius 1 is 0.815 bits per heavy atom. The predicted molar refractivity (Wildman–Crippen MR) is 117 cm³/mol. The van der Waals surface area contributed by atoms with Gasteiger partial charge in [-0.2, -0.15) is 0 Å². The normalized spacial score (nSPS) is 12.0. The Labute approximate surface area is 169 Å². The maximum absolute atomic E-state index is 11.7. The third-order valence-corrected chi connectivity index (χ3v) is 4.86. The maximum Gasteiger partial charge on any atom is 0.219 e. The predicted octanol–water partition coefficient (Wildman–Crippen LogP) is 6.10. The number of unbranched alkanes of at least 4 members (excludes halogenated alkanes) is 11. The lowest BCUT2D eigenvalue weighted by Gasteiger charge is -2.33. The van der Waals surface area contributed by atoms with Crippen molar-refractivity contribution in [2.45, 2.75) is 103 Å². The fourth-order valence-electron chi connectivity index (χ4n) is 3.13. The van der Waals surface area contributed by atoms with E-state index in [2.05, 4.69) is 24.4 Å². The number of nitrogens with zero attached hydrogens (tertiary/aromatic N) is 1. The summed E-state index contributed by atoms with van der Waals surface area (Å²) in [4.78, 5) is 11.7. The van der Waals surface area contributed by atoms with Crippen LogP contribution in [-0.4, -0.2) is 37.7 Å². The van der Waals surface area contributed by atoms with Crippen molar-refractivity contribution in [1.29, 1.82) is 0 Å². The lowest BCUT2D eigenvalue weighted by atomic mass is 10.1. The summed E-state index contributed by atoms with van der Waals surface area (Å²) in [5, 5.41) is 14.3. The number of carbonyl (C=O) groups is 1. The molecule has 0 aromatic carbocycles. The zero-order valence-corrected chi connectivity index (χ0v) is 18.4. The van der Waals surface area contributed by atoms with E-state index < -0.39 is 0 Å². The van der Waals surface area contributed by atoms with Crippen LogP contribution < -0.4 is 5.32 Å². The van der Waals surface area contributed by atoms with Crippen LogP contribution in [0.25, 0.3) is 0 Å². The summed E-state index contributed by atoms with van der Waals surface area (Å²) in [7, 11) is 3.26. The second-order valence-corrected chi connectivity index (χ2v) is 8.34. The van der Waals surface area contributed by atoms with Crippen molar-refractivity contribution in [3.63, 3.8) is 0 Å². The zero-order chi connectivity index (χ0) is 20.2. The number of allylic oxidation sites excluding steroid dienone is 2. The van der Waals surface area contributed by atoms with Crippen LogP contribution in [0.3, 0.4) is 0 Å². The highest BCUT2D eigenvalue weighted by Gasteiger charge is 2.03. The average molecular weight is 383 g/mol. The molecule has 0 fully saturated rings. The van der Waals surface area contributed by atoms with Gasteiger partial charge in [-0.3, -0.25) is 4.79 Å². The topological polar surface area (TPSA) is 52.2 Å². The Morgan fingerprint density at radius 3 is 1.89 bits per heavy atom. The van der Waals surface area contributed by atoms with Crippen LogP contribution in [0, 0.1) is 5.21 Å². The number of hydroxylamine groups is 3. The number of amides is 1. The summed E-state index contributed by atoms with van der Waals surface area (Å²) in [6, 6.07) is 0. The van der Waals surface area contributed by atoms with Crippen LogP contribution in [0.2, 0.25) is 0 Å². The molecule has 0 aromatic rings. The van der Waals surface area contributed by atoms with Gasteiger partial charge in [0.1, 0.15) is 0 Å². The molecule has 0 aliphatic carbocycles. The minimum Gasteiger partial charge on any atom is -0.633 e. The zero-order valence-electron chi connectivity index (χ0n) is 18.4. The molecule has 0 aliphatic heterocycles. The molecule has 0 saturated heterocycles. The average Bonchev–Trinajstić information content (AvgIpc) is 2.61. The van der Waals surface area contributed by atoms with Crippen LogP contribution >= 0.6 is 0 Å². The van der Waals surface area contributed by atoms with Gasteiger partial charge in [-0.15, -0.1) is 0 Å². The van der Waals surface area contributed by atoms with Gasteiger partial charge in [0.15, 0.2) is 0 Å². The number of rotatable bonds is 19. The molecule has 0 radical (unpaired) electrons. The number of carbonyl (C=O) groups excluding carboxylic acids is 1. The molecule has 4 nitrogen and oxygen atoms in total. The third kappa shape index (κ3) is 23.1. The van der Waals surface area contributed by atoms with E-state index in [-0.39, 0.29) is 10.6 Å². The number of quaternary nitrogens is 1. The van der Waals surface area contributed by atoms with E-state index >= 15 is 0 Å². The molecular formula is C23H46N2O2. The SMILES string of the molecule is CCCCCCCC/C=C/CCCCCCCC(=O)NCCC[N+](C)(C)[O-]. The van der Waals surface area contributed by atoms with Crippen LogP contribution in [0.4, 0.5) is 0 Å². The highest BCUT2D eigenvalue weighted by atomic mass is 16.5. The van der Waals surface area contributed by atoms with Crippen LogP contribution in [0.5, 0.6) is 0 Å². The first-order valence-electron chi connectivity index (χ1n) is 11.4. The molecule has 1 N–H and O–H groups in total. The Balaban J connectivity index is 3.26. The summed E-state index contributed by atoms with van der Waals surface area (Å²) in [6.07, 6.45) is 22.6. The number of hydrogen-bond donors (Lipinski definition) is 1. The second-order valence-electron chi connectivity index (χ2n) is 8.34. The van der Waals surface area contributed by atoms with E-state index in [4.69, 9.17) is 0 Å². The highest BCUT2D eigenvalue weighted by Crippen LogP contribution is 2.10. The standard InChI is InChI=1S/C23H46N2O2/c1-4-5-6-7-8-9-10-11-12-13-14-15-16-17-18-20-23(26)24-21-19-22-25(2,3)27/h11-12H,4-10,13-22H2,1-3H3,(H,24,26)/b12-11+. The molecule has 0 bridgehead atoms. The lowest BCUT2D eigenvalue weighted by molar-refractivity contribution is -0.840. The van der Waals surface area contributed by atoms with Gasteiger partial charge in [-0.1, -0.05) is 70.4 Å². The quantitative estimate of drug-likeness (QED) is 0.127. The summed E-state index contributed by atoms with van der Waals surface area (Å²) >= 11 is 0. The summed E-state index contributed by atoms with van der Waals surface area (Å²) in [6.45, 7) is 3.43. The monoisotopic (exact) mass is 382 g/mol. The van der Waals surface area contributed by atoms with Gasteiger partial charge in [0.05, 0.1) is 20.6 Å². The number of nitrogens with one attached hydrogen (secondary N) is 1. The van der Waals surface area contributed by atoms with E-state index in [1.165, 1.54) is 70.6 Å². The molecule has 4 heteroatoms. The second kappa shape index (κ2) is 18.5. The molecule has 0 rings (SSSR count). The van der Waals surface area contributed by atoms with Crippen molar-refractivity contribution >= 4 is 5.91 Å². The first-order valence-corrected chi connectivity index (χ1v) is 11.4. The van der Waals surface area contributed by atoms with Crippen molar-refractivity contribution in [2.75, 3.05) is 27.2 Å². The van der Waals surface area contributed by atoms with Crippen molar-refractivity contribution in [2.24, 2.45) is 0 Å². The van der Waals surface area contributed by atoms with Crippen molar-refractivity contribution in [3.05, 3.63) is 17.4 Å². The Kier molecular flexibility index (Phi) is 17.9. The molecule has 0 heterocycles. The Bertz CT molecular complexity index is 362. The molecule has 160 valence electrons. The van der Waals surface area contributed by atoms with E-state index in [1.54, 1.807) is 14.1 Å². The molecule has 0 saturated carbocycles. The van der Waals surface area contributed by atoms with Gasteiger partial charge in [0.2, 0.25) is 5.91 Å². The minimum absolute atomic E-state index is 0.129. The molecule has 0 unspecified atom stereocenters. The summed E-state index contributed by atoms with van der Waals surface area (Å²) in [5.74, 6) is 0.129. The minimum atomic E-state index is -0.288. The highest BCUT2D eigenvalue weighted by molar-refractivity contribution is 5.75. The van der Waals surface area contributed by atoms with E-state index in [0.29, 0.717) is 19.5 Å². The van der Waals surface area contributed by atoms with Gasteiger partial charge < -0.3 is 15.2 Å². The van der Waals surface area contributed by atoms with E-state index in [0.717, 1.165) is 19.3 Å². The maximum atomic E-state index is 11.7. The molecule has 0 spiro atoms. The smallest absolute Gasteiger partial charge is 0.219 e. The molecule has 0 aromatic heterocycles. The first-order chi connectivity index (χ1) is 13.0. The van der Waals surface area contributed by atoms with Crippen molar-refractivity contribution in [1.82, 2.24) is 5.32 Å². The van der Waals surface area contributed by atoms with Gasteiger partial charge in [0, 0.05) is 19.4 Å². The molecular weight excluding hydrogens is 336 g/mol. The fourth-order valence-corrected chi connectivity index (χ4v) is 3.13. The number of hydrogen-bond acceptors (Lipinski definition) is 2. The van der Waals surface area contributed by atoms with Gasteiger partial charge in [-0.25, -0.2) is 0 Å². The Hall–Kier alpha value is -0.870. The Morgan fingerprint density at radius 2 is 1.33 bits per heavy atom. The lowest BCUT2D eigenvalue weighted by Crippen LogP contribution is -2.35. The van der Waals surface area contributed by atoms with Crippen LogP contribution in [0.15, 0.2) is 12.2 Å². The summed E-state index contributed by atoms with van der Waals surface area (Å²) in [5.41, 5.74) is 0. The van der Waals surface area contributed by atoms with Crippen molar-refractivity contribution in [3.8, 4) is 0 Å². The van der Waals surface area contributed by atoms with Gasteiger partial charge in [-0.05, 0) is 32.1 Å². The van der Waals surface area contributed by atoms with E-state index in [9.17, 15) is 10.0 Å². The van der Waals surface area contributed by atoms with Crippen molar-refractivity contribution < 1.29 is 9.44 Å².